The minimum Gasteiger partial charge on any atom is -0.506 e. The van der Waals surface area contributed by atoms with Crippen LogP contribution in [-0.2, 0) is 16.1 Å². The highest BCUT2D eigenvalue weighted by atomic mass is 19.1. The summed E-state index contributed by atoms with van der Waals surface area (Å²) in [5.41, 5.74) is 6.47. The summed E-state index contributed by atoms with van der Waals surface area (Å²) < 4.78 is 20.4. The van der Waals surface area contributed by atoms with E-state index in [2.05, 4.69) is 21.2 Å². The Morgan fingerprint density at radius 2 is 1.72 bits per heavy atom. The van der Waals surface area contributed by atoms with Gasteiger partial charge in [-0.25, -0.2) is 14.9 Å². The molecule has 1 aromatic heterocycles. The van der Waals surface area contributed by atoms with Gasteiger partial charge >= 0.3 is 0 Å². The standard InChI is InChI=1S/C38H36FN7O4/c39-33-19-28(6-7-29(33)21-40)37-31(22-41)38(43-24-32(37)27-8-9-34(35(47)20-27)45-15-17-50-18-16-45)46-13-11-30(12-14-46)42-23-26-3-1-25(2-4-26)5-10-36(48)44-49/h1-10,19-20,24,30,42,47,49H,11-18,23H2,(H,44,48)/b10-5+. The summed E-state index contributed by atoms with van der Waals surface area (Å²) >= 11 is 0. The van der Waals surface area contributed by atoms with Crippen LogP contribution in [0.1, 0.15) is 35.1 Å². The Morgan fingerprint density at radius 3 is 2.38 bits per heavy atom. The largest absolute Gasteiger partial charge is 0.506 e. The van der Waals surface area contributed by atoms with Crippen LogP contribution in [0, 0.1) is 28.5 Å². The number of phenolic OH excluding ortho intramolecular Hbond substituents is 1. The molecular weight excluding hydrogens is 637 g/mol. The highest BCUT2D eigenvalue weighted by Crippen LogP contribution is 2.41. The lowest BCUT2D eigenvalue weighted by molar-refractivity contribution is -0.124. The molecule has 0 bridgehead atoms. The van der Waals surface area contributed by atoms with Crippen molar-refractivity contribution in [3.05, 3.63) is 101 Å². The third-order valence-corrected chi connectivity index (χ3v) is 9.09. The van der Waals surface area contributed by atoms with Gasteiger partial charge in [-0.1, -0.05) is 36.4 Å². The van der Waals surface area contributed by atoms with Gasteiger partial charge in [-0.05, 0) is 65.4 Å². The number of nitrogens with one attached hydrogen (secondary N) is 2. The number of hydrogen-bond acceptors (Lipinski definition) is 10. The van der Waals surface area contributed by atoms with Crippen LogP contribution in [0.15, 0.2) is 72.9 Å². The van der Waals surface area contributed by atoms with Gasteiger partial charge in [0.1, 0.15) is 35.1 Å². The molecule has 11 nitrogen and oxygen atoms in total. The number of nitriles is 2. The number of nitrogens with zero attached hydrogens (tertiary/aromatic N) is 5. The van der Waals surface area contributed by atoms with Crippen LogP contribution >= 0.6 is 0 Å². The van der Waals surface area contributed by atoms with Crippen LogP contribution in [0.3, 0.4) is 0 Å². The summed E-state index contributed by atoms with van der Waals surface area (Å²) in [4.78, 5) is 20.1. The first-order valence-corrected chi connectivity index (χ1v) is 16.4. The van der Waals surface area contributed by atoms with Gasteiger partial charge in [-0.2, -0.15) is 10.5 Å². The highest BCUT2D eigenvalue weighted by molar-refractivity contribution is 5.91. The molecule has 2 fully saturated rings. The number of carbonyl (C=O) groups is 1. The van der Waals surface area contributed by atoms with Crippen molar-refractivity contribution in [1.82, 2.24) is 15.8 Å². The Kier molecular flexibility index (Phi) is 10.6. The summed E-state index contributed by atoms with van der Waals surface area (Å²) in [6.07, 6.45) is 6.15. The number of aromatic hydroxyl groups is 1. The number of halogens is 1. The average molecular weight is 674 g/mol. The summed E-state index contributed by atoms with van der Waals surface area (Å²) in [7, 11) is 0. The Labute approximate surface area is 289 Å². The number of anilines is 2. The number of phenols is 1. The number of morpholine rings is 1. The second-order valence-electron chi connectivity index (χ2n) is 12.2. The number of pyridine rings is 1. The van der Waals surface area contributed by atoms with Crippen LogP contribution in [0.4, 0.5) is 15.9 Å². The zero-order valence-corrected chi connectivity index (χ0v) is 27.3. The quantitative estimate of drug-likeness (QED) is 0.107. The molecule has 6 rings (SSSR count). The number of hydrogen-bond donors (Lipinski definition) is 4. The van der Waals surface area contributed by atoms with Crippen LogP contribution in [0.2, 0.25) is 0 Å². The number of amides is 1. The number of carbonyl (C=O) groups excluding carboxylic acids is 1. The molecule has 1 amide bonds. The number of hydroxylamine groups is 1. The van der Waals surface area contributed by atoms with Crippen molar-refractivity contribution in [2.75, 3.05) is 49.2 Å². The van der Waals surface area contributed by atoms with Gasteiger partial charge in [0, 0.05) is 62.2 Å². The second-order valence-corrected chi connectivity index (χ2v) is 12.2. The van der Waals surface area contributed by atoms with E-state index >= 15 is 0 Å². The van der Waals surface area contributed by atoms with Crippen molar-refractivity contribution in [1.29, 1.82) is 10.5 Å². The van der Waals surface area contributed by atoms with Crippen LogP contribution in [0.5, 0.6) is 5.75 Å². The Morgan fingerprint density at radius 1 is 0.980 bits per heavy atom. The Balaban J connectivity index is 1.23. The highest BCUT2D eigenvalue weighted by Gasteiger charge is 2.26. The molecule has 2 aliphatic rings. The van der Waals surface area contributed by atoms with Crippen molar-refractivity contribution in [2.24, 2.45) is 0 Å². The normalized spacial score (nSPS) is 15.1. The maximum atomic E-state index is 15.0. The second kappa shape index (κ2) is 15.6. The number of benzene rings is 3. The van der Waals surface area contributed by atoms with E-state index < -0.39 is 11.7 Å². The average Bonchev–Trinajstić information content (AvgIpc) is 3.16. The molecule has 3 aromatic carbocycles. The van der Waals surface area contributed by atoms with Crippen molar-refractivity contribution in [3.63, 3.8) is 0 Å². The first-order valence-electron chi connectivity index (χ1n) is 16.4. The van der Waals surface area contributed by atoms with Crippen molar-refractivity contribution in [3.8, 4) is 40.1 Å². The molecule has 3 heterocycles. The lowest BCUT2D eigenvalue weighted by Gasteiger charge is -2.34. The zero-order chi connectivity index (χ0) is 35.0. The lowest BCUT2D eigenvalue weighted by Crippen LogP contribution is -2.42. The Hall–Kier alpha value is -5.79. The number of piperidine rings is 1. The predicted molar refractivity (Wildman–Crippen MR) is 187 cm³/mol. The topological polar surface area (TPSA) is 158 Å². The summed E-state index contributed by atoms with van der Waals surface area (Å²) in [5.74, 6) is -0.694. The fraction of sp³-hybridized carbons (Fsp3) is 0.263. The van der Waals surface area contributed by atoms with Gasteiger partial charge in [0.05, 0.1) is 24.5 Å². The molecule has 4 aromatic rings. The smallest absolute Gasteiger partial charge is 0.267 e. The fourth-order valence-corrected chi connectivity index (χ4v) is 6.40. The molecule has 254 valence electrons. The molecule has 4 N–H and O–H groups in total. The third-order valence-electron chi connectivity index (χ3n) is 9.09. The number of aromatic nitrogens is 1. The zero-order valence-electron chi connectivity index (χ0n) is 27.3. The van der Waals surface area contributed by atoms with Gasteiger partial charge in [-0.15, -0.1) is 0 Å². The fourth-order valence-electron chi connectivity index (χ4n) is 6.40. The van der Waals surface area contributed by atoms with Gasteiger partial charge in [0.15, 0.2) is 0 Å². The van der Waals surface area contributed by atoms with Crippen molar-refractivity contribution >= 4 is 23.5 Å². The summed E-state index contributed by atoms with van der Waals surface area (Å²) in [5, 5.41) is 43.2. The molecule has 2 aliphatic heterocycles. The molecule has 0 radical (unpaired) electrons. The maximum absolute atomic E-state index is 15.0. The van der Waals surface area contributed by atoms with Gasteiger partial charge in [0.2, 0.25) is 0 Å². The first kappa shape index (κ1) is 34.1. The molecule has 0 saturated carbocycles. The molecule has 0 aliphatic carbocycles. The minimum absolute atomic E-state index is 0.0818. The van der Waals surface area contributed by atoms with Crippen molar-refractivity contribution < 1.29 is 24.2 Å². The first-order chi connectivity index (χ1) is 24.4. The number of ether oxygens (including phenoxy) is 1. The van der Waals surface area contributed by atoms with Crippen molar-refractivity contribution in [2.45, 2.75) is 25.4 Å². The lowest BCUT2D eigenvalue weighted by atomic mass is 9.91. The summed E-state index contributed by atoms with van der Waals surface area (Å²) in [6.45, 7) is 4.41. The molecular formula is C38H36FN7O4. The monoisotopic (exact) mass is 673 g/mol. The van der Waals surface area contributed by atoms with E-state index in [1.807, 2.05) is 42.5 Å². The molecule has 12 heteroatoms. The number of rotatable bonds is 9. The van der Waals surface area contributed by atoms with E-state index in [9.17, 15) is 24.8 Å². The summed E-state index contributed by atoms with van der Waals surface area (Å²) in [6, 6.07) is 21.9. The molecule has 0 atom stereocenters. The molecule has 0 spiro atoms. The van der Waals surface area contributed by atoms with E-state index in [-0.39, 0.29) is 17.4 Å². The van der Waals surface area contributed by atoms with E-state index in [1.54, 1.807) is 29.9 Å². The van der Waals surface area contributed by atoms with Gasteiger partial charge in [-0.3, -0.25) is 10.0 Å². The van der Waals surface area contributed by atoms with Gasteiger partial charge < -0.3 is 25.0 Å². The molecule has 50 heavy (non-hydrogen) atoms. The van der Waals surface area contributed by atoms with E-state index in [1.165, 1.54) is 18.2 Å². The van der Waals surface area contributed by atoms with E-state index in [0.29, 0.717) is 85.3 Å². The van der Waals surface area contributed by atoms with E-state index in [0.717, 1.165) is 24.0 Å². The Bertz CT molecular complexity index is 1970. The molecule has 2 saturated heterocycles. The third kappa shape index (κ3) is 7.59. The van der Waals surface area contributed by atoms with Crippen LogP contribution < -0.4 is 20.6 Å². The minimum atomic E-state index is -0.684. The SMILES string of the molecule is N#Cc1ccc(-c2c(-c3ccc(N4CCOCC4)c(O)c3)cnc(N3CCC(NCc4ccc(/C=C/C(=O)NO)cc4)CC3)c2C#N)cc1F. The molecule has 0 unspecified atom stereocenters. The maximum Gasteiger partial charge on any atom is 0.267 e. The van der Waals surface area contributed by atoms with Crippen LogP contribution in [0.25, 0.3) is 28.3 Å². The van der Waals surface area contributed by atoms with Crippen LogP contribution in [-0.4, -0.2) is 66.6 Å². The van der Waals surface area contributed by atoms with E-state index in [4.69, 9.17) is 14.9 Å². The van der Waals surface area contributed by atoms with Gasteiger partial charge in [0.25, 0.3) is 5.91 Å². The predicted octanol–water partition coefficient (Wildman–Crippen LogP) is 5.12.